The van der Waals surface area contributed by atoms with Gasteiger partial charge in [-0.25, -0.2) is 9.97 Å². The van der Waals surface area contributed by atoms with Crippen LogP contribution < -0.4 is 4.90 Å². The molecule has 0 fully saturated rings. The Kier molecular flexibility index (Phi) is 5.25. The van der Waals surface area contributed by atoms with E-state index in [0.29, 0.717) is 11.5 Å². The van der Waals surface area contributed by atoms with E-state index in [4.69, 9.17) is 14.4 Å². The van der Waals surface area contributed by atoms with E-state index in [-0.39, 0.29) is 0 Å². The Morgan fingerprint density at radius 2 is 1.15 bits per heavy atom. The van der Waals surface area contributed by atoms with Crippen molar-refractivity contribution < 1.29 is 4.42 Å². The number of fused-ring (bicyclic) bond motifs is 6. The second-order valence-corrected chi connectivity index (χ2v) is 11.8. The Balaban J connectivity index is 1.20. The molecule has 4 heteroatoms. The first kappa shape index (κ1) is 25.1. The van der Waals surface area contributed by atoms with Crippen LogP contribution in [-0.2, 0) is 0 Å². The molecule has 7 aromatic carbocycles. The number of para-hydroxylation sites is 2. The van der Waals surface area contributed by atoms with Crippen molar-refractivity contribution in [3.8, 4) is 33.5 Å². The molecule has 9 aromatic rings. The van der Waals surface area contributed by atoms with Crippen LogP contribution in [0.15, 0.2) is 156 Å². The summed E-state index contributed by atoms with van der Waals surface area (Å²) < 4.78 is 6.48. The lowest BCUT2D eigenvalue weighted by Gasteiger charge is -2.32. The fraction of sp³-hybridized carbons (Fsp3) is 0. The van der Waals surface area contributed by atoms with Crippen molar-refractivity contribution in [3.05, 3.63) is 152 Å². The largest absolute Gasteiger partial charge is 0.452 e. The van der Waals surface area contributed by atoms with Crippen LogP contribution >= 0.6 is 0 Å². The van der Waals surface area contributed by atoms with Crippen LogP contribution in [-0.4, -0.2) is 9.97 Å². The Bertz CT molecular complexity index is 2650. The van der Waals surface area contributed by atoms with Crippen LogP contribution in [0.3, 0.4) is 0 Å². The molecule has 46 heavy (non-hydrogen) atoms. The van der Waals surface area contributed by atoms with Crippen molar-refractivity contribution in [3.63, 3.8) is 0 Å². The summed E-state index contributed by atoms with van der Waals surface area (Å²) >= 11 is 0. The Hall–Kier alpha value is -6.26. The highest BCUT2D eigenvalue weighted by Gasteiger charge is 2.29. The highest BCUT2D eigenvalue weighted by molar-refractivity contribution is 6.14. The lowest BCUT2D eigenvalue weighted by molar-refractivity contribution is 0.667. The summed E-state index contributed by atoms with van der Waals surface area (Å²) in [4.78, 5) is 12.8. The van der Waals surface area contributed by atoms with Crippen LogP contribution in [0, 0.1) is 0 Å². The molecule has 1 aliphatic heterocycles. The van der Waals surface area contributed by atoms with Gasteiger partial charge in [-0.15, -0.1) is 0 Å². The number of hydrogen-bond donors (Lipinski definition) is 0. The van der Waals surface area contributed by atoms with E-state index in [2.05, 4.69) is 138 Å². The van der Waals surface area contributed by atoms with E-state index in [0.717, 1.165) is 50.2 Å². The third-order valence-corrected chi connectivity index (χ3v) is 9.21. The SMILES string of the molecule is c1ccc2c(c1)-c1cccc3cccc(c13)N2c1nc(-c2ccc(-c3ccc4ccccc4c3)cc2)c2oc3ccccc3c2n1. The molecule has 4 nitrogen and oxygen atoms in total. The quantitative estimate of drug-likeness (QED) is 0.206. The Labute approximate surface area is 264 Å². The average molecular weight is 588 g/mol. The topological polar surface area (TPSA) is 42.2 Å². The molecule has 0 bridgehead atoms. The van der Waals surface area contributed by atoms with Crippen LogP contribution in [0.4, 0.5) is 17.3 Å². The second kappa shape index (κ2) is 9.62. The molecule has 0 saturated heterocycles. The Morgan fingerprint density at radius 1 is 0.478 bits per heavy atom. The molecule has 214 valence electrons. The van der Waals surface area contributed by atoms with Crippen molar-refractivity contribution in [1.82, 2.24) is 9.97 Å². The van der Waals surface area contributed by atoms with Crippen LogP contribution in [0.1, 0.15) is 0 Å². The summed E-state index contributed by atoms with van der Waals surface area (Å²) in [6.45, 7) is 0. The number of anilines is 3. The first-order chi connectivity index (χ1) is 22.8. The van der Waals surface area contributed by atoms with E-state index < -0.39 is 0 Å². The van der Waals surface area contributed by atoms with E-state index >= 15 is 0 Å². The molecule has 0 atom stereocenters. The van der Waals surface area contributed by atoms with Gasteiger partial charge in [-0.2, -0.15) is 0 Å². The van der Waals surface area contributed by atoms with Crippen molar-refractivity contribution >= 4 is 60.9 Å². The van der Waals surface area contributed by atoms with Crippen LogP contribution in [0.25, 0.3) is 77.1 Å². The van der Waals surface area contributed by atoms with Gasteiger partial charge in [0.1, 0.15) is 16.8 Å². The van der Waals surface area contributed by atoms with Crippen LogP contribution in [0.5, 0.6) is 0 Å². The fourth-order valence-corrected chi connectivity index (χ4v) is 7.04. The summed E-state index contributed by atoms with van der Waals surface area (Å²) in [5.74, 6) is 0.613. The second-order valence-electron chi connectivity index (χ2n) is 11.8. The van der Waals surface area contributed by atoms with E-state index in [9.17, 15) is 0 Å². The Morgan fingerprint density at radius 3 is 2.07 bits per heavy atom. The zero-order valence-corrected chi connectivity index (χ0v) is 24.7. The van der Waals surface area contributed by atoms with Crippen molar-refractivity contribution in [2.75, 3.05) is 4.90 Å². The predicted molar refractivity (Wildman–Crippen MR) is 189 cm³/mol. The molecule has 2 aromatic heterocycles. The molecule has 0 spiro atoms. The van der Waals surface area contributed by atoms with Gasteiger partial charge in [0, 0.05) is 21.9 Å². The maximum absolute atomic E-state index is 6.48. The maximum atomic E-state index is 6.48. The van der Waals surface area contributed by atoms with Gasteiger partial charge in [0.25, 0.3) is 0 Å². The van der Waals surface area contributed by atoms with Gasteiger partial charge >= 0.3 is 0 Å². The van der Waals surface area contributed by atoms with Crippen molar-refractivity contribution in [2.24, 2.45) is 0 Å². The monoisotopic (exact) mass is 587 g/mol. The number of nitrogens with zero attached hydrogens (tertiary/aromatic N) is 3. The van der Waals surface area contributed by atoms with Crippen LogP contribution in [0.2, 0.25) is 0 Å². The van der Waals surface area contributed by atoms with Gasteiger partial charge in [0.2, 0.25) is 5.95 Å². The number of hydrogen-bond acceptors (Lipinski definition) is 4. The summed E-state index contributed by atoms with van der Waals surface area (Å²) in [6, 6.07) is 53.3. The molecular formula is C42H25N3O. The molecule has 0 aliphatic carbocycles. The lowest BCUT2D eigenvalue weighted by Crippen LogP contribution is -2.17. The highest BCUT2D eigenvalue weighted by Crippen LogP contribution is 2.50. The smallest absolute Gasteiger partial charge is 0.236 e. The molecule has 0 unspecified atom stereocenters. The van der Waals surface area contributed by atoms with Gasteiger partial charge in [-0.05, 0) is 63.2 Å². The molecule has 1 aliphatic rings. The summed E-state index contributed by atoms with van der Waals surface area (Å²) in [7, 11) is 0. The first-order valence-corrected chi connectivity index (χ1v) is 15.5. The number of aromatic nitrogens is 2. The average Bonchev–Trinajstić information content (AvgIpc) is 3.50. The van der Waals surface area contributed by atoms with Gasteiger partial charge in [-0.1, -0.05) is 121 Å². The molecule has 0 N–H and O–H groups in total. The van der Waals surface area contributed by atoms with Gasteiger partial charge in [0.05, 0.1) is 11.4 Å². The van der Waals surface area contributed by atoms with Crippen molar-refractivity contribution in [1.29, 1.82) is 0 Å². The van der Waals surface area contributed by atoms with E-state index in [1.807, 2.05) is 18.2 Å². The number of benzene rings is 7. The molecular weight excluding hydrogens is 562 g/mol. The normalized spacial score (nSPS) is 12.3. The maximum Gasteiger partial charge on any atom is 0.236 e. The van der Waals surface area contributed by atoms with E-state index in [1.165, 1.54) is 32.7 Å². The molecule has 0 saturated carbocycles. The third kappa shape index (κ3) is 3.67. The summed E-state index contributed by atoms with van der Waals surface area (Å²) in [6.07, 6.45) is 0. The summed E-state index contributed by atoms with van der Waals surface area (Å²) in [5, 5.41) is 5.83. The number of furan rings is 1. The van der Waals surface area contributed by atoms with Gasteiger partial charge in [-0.3, -0.25) is 4.90 Å². The zero-order valence-electron chi connectivity index (χ0n) is 24.7. The van der Waals surface area contributed by atoms with E-state index in [1.54, 1.807) is 0 Å². The molecule has 3 heterocycles. The predicted octanol–water partition coefficient (Wildman–Crippen LogP) is 11.5. The highest BCUT2D eigenvalue weighted by atomic mass is 16.3. The minimum atomic E-state index is 0.613. The zero-order chi connectivity index (χ0) is 30.2. The minimum Gasteiger partial charge on any atom is -0.452 e. The fourth-order valence-electron chi connectivity index (χ4n) is 7.04. The third-order valence-electron chi connectivity index (χ3n) is 9.21. The molecule has 0 amide bonds. The molecule has 10 rings (SSSR count). The minimum absolute atomic E-state index is 0.613. The summed E-state index contributed by atoms with van der Waals surface area (Å²) in [5.41, 5.74) is 10.9. The molecule has 0 radical (unpaired) electrons. The van der Waals surface area contributed by atoms with Gasteiger partial charge < -0.3 is 4.42 Å². The van der Waals surface area contributed by atoms with Gasteiger partial charge in [0.15, 0.2) is 5.58 Å². The standard InChI is InChI=1S/C42H25N3O/c1-2-10-30-25-31(24-21-26(30)9-1)27-19-22-29(23-20-27)39-41-40(34-14-4-6-18-37(34)46-41)44-42(43-39)45-35-16-5-3-13-32(35)33-15-7-11-28-12-8-17-36(45)38(28)33/h1-25H. The van der Waals surface area contributed by atoms with Crippen molar-refractivity contribution in [2.45, 2.75) is 0 Å². The number of rotatable bonds is 3. The lowest BCUT2D eigenvalue weighted by atomic mass is 9.91. The first-order valence-electron chi connectivity index (χ1n) is 15.5.